The second-order valence-corrected chi connectivity index (χ2v) is 9.39. The van der Waals surface area contributed by atoms with Gasteiger partial charge in [-0.2, -0.15) is 10.1 Å². The van der Waals surface area contributed by atoms with Gasteiger partial charge in [0.1, 0.15) is 18.3 Å². The Morgan fingerprint density at radius 1 is 1.28 bits per heavy atom. The molecule has 0 aliphatic carbocycles. The molecule has 0 spiro atoms. The summed E-state index contributed by atoms with van der Waals surface area (Å²) in [7, 11) is 1.92. The number of amides is 1. The maximum Gasteiger partial charge on any atom is 0.409 e. The molecule has 32 heavy (non-hydrogen) atoms. The summed E-state index contributed by atoms with van der Waals surface area (Å²) in [4.78, 5) is 27.6. The molecular weight excluding hydrogens is 410 g/mol. The highest BCUT2D eigenvalue weighted by molar-refractivity contribution is 5.81. The summed E-state index contributed by atoms with van der Waals surface area (Å²) in [5, 5.41) is 4.43. The van der Waals surface area contributed by atoms with E-state index in [0.717, 1.165) is 23.6 Å². The lowest BCUT2D eigenvalue weighted by Gasteiger charge is -2.21. The molecule has 1 aliphatic rings. The van der Waals surface area contributed by atoms with E-state index in [0.29, 0.717) is 43.2 Å². The zero-order chi connectivity index (χ0) is 23.0. The van der Waals surface area contributed by atoms with Gasteiger partial charge in [0.15, 0.2) is 11.2 Å². The van der Waals surface area contributed by atoms with Crippen LogP contribution in [0.15, 0.2) is 12.5 Å². The first kappa shape index (κ1) is 22.0. The summed E-state index contributed by atoms with van der Waals surface area (Å²) in [6.45, 7) is 12.4. The van der Waals surface area contributed by atoms with Crippen LogP contribution in [0.4, 0.5) is 4.79 Å². The van der Waals surface area contributed by atoms with E-state index in [2.05, 4.69) is 22.0 Å². The second-order valence-electron chi connectivity index (χ2n) is 9.39. The molecule has 4 heterocycles. The first-order valence-electron chi connectivity index (χ1n) is 11.0. The predicted molar refractivity (Wildman–Crippen MR) is 119 cm³/mol. The Morgan fingerprint density at radius 3 is 2.75 bits per heavy atom. The van der Waals surface area contributed by atoms with Gasteiger partial charge >= 0.3 is 6.09 Å². The topological polar surface area (TPSA) is 100 Å². The zero-order valence-corrected chi connectivity index (χ0v) is 19.6. The van der Waals surface area contributed by atoms with E-state index in [1.807, 2.05) is 50.2 Å². The molecule has 1 aliphatic heterocycles. The monoisotopic (exact) mass is 441 g/mol. The van der Waals surface area contributed by atoms with Crippen molar-refractivity contribution < 1.29 is 14.3 Å². The van der Waals surface area contributed by atoms with Gasteiger partial charge < -0.3 is 18.9 Å². The van der Waals surface area contributed by atoms with Crippen LogP contribution in [0.3, 0.4) is 0 Å². The number of nitrogens with zero attached hydrogens (tertiary/aromatic N) is 7. The molecule has 3 aromatic rings. The minimum absolute atomic E-state index is 0.0689. The second kappa shape index (κ2) is 8.40. The summed E-state index contributed by atoms with van der Waals surface area (Å²) in [5.74, 6) is 1.19. The minimum atomic E-state index is -0.303. The lowest BCUT2D eigenvalue weighted by atomic mass is 9.99. The Balaban J connectivity index is 1.52. The van der Waals surface area contributed by atoms with Gasteiger partial charge in [-0.15, -0.1) is 0 Å². The molecule has 1 fully saturated rings. The molecule has 4 rings (SSSR count). The molecule has 0 N–H and O–H groups in total. The highest BCUT2D eigenvalue weighted by Crippen LogP contribution is 2.30. The molecule has 1 atom stereocenters. The Kier molecular flexibility index (Phi) is 5.79. The van der Waals surface area contributed by atoms with Gasteiger partial charge in [-0.05, 0) is 19.3 Å². The number of carbonyl (C=O) groups is 1. The van der Waals surface area contributed by atoms with E-state index >= 15 is 0 Å². The Hall–Kier alpha value is -3.17. The van der Waals surface area contributed by atoms with Crippen LogP contribution in [-0.2, 0) is 18.3 Å². The van der Waals surface area contributed by atoms with E-state index in [-0.39, 0.29) is 17.6 Å². The molecule has 0 unspecified atom stereocenters. The normalized spacial score (nSPS) is 16.7. The number of rotatable bonds is 5. The number of ether oxygens (including phenoxy) is 2. The van der Waals surface area contributed by atoms with Crippen LogP contribution in [0.1, 0.15) is 39.8 Å². The Labute approximate surface area is 187 Å². The third-order valence-corrected chi connectivity index (χ3v) is 5.58. The van der Waals surface area contributed by atoms with Gasteiger partial charge in [0.2, 0.25) is 5.88 Å². The smallest absolute Gasteiger partial charge is 0.409 e. The third-order valence-electron chi connectivity index (χ3n) is 5.58. The first-order valence-corrected chi connectivity index (χ1v) is 11.0. The number of likely N-dealkylation sites (tertiary alicyclic amines) is 1. The van der Waals surface area contributed by atoms with Crippen LogP contribution in [0.2, 0.25) is 0 Å². The molecule has 10 nitrogen and oxygen atoms in total. The molecular formula is C22H31N7O3. The van der Waals surface area contributed by atoms with Crippen molar-refractivity contribution in [2.24, 2.45) is 12.5 Å². The van der Waals surface area contributed by atoms with Gasteiger partial charge in [0.05, 0.1) is 24.9 Å². The van der Waals surface area contributed by atoms with Crippen molar-refractivity contribution in [3.8, 4) is 17.3 Å². The van der Waals surface area contributed by atoms with Crippen molar-refractivity contribution in [2.75, 3.05) is 19.7 Å². The van der Waals surface area contributed by atoms with Crippen LogP contribution < -0.4 is 4.74 Å². The highest BCUT2D eigenvalue weighted by atomic mass is 16.6. The van der Waals surface area contributed by atoms with E-state index < -0.39 is 0 Å². The molecule has 0 radical (unpaired) electrons. The number of imidazole rings is 1. The fourth-order valence-electron chi connectivity index (χ4n) is 3.81. The molecule has 3 aromatic heterocycles. The fraction of sp³-hybridized carbons (Fsp3) is 0.591. The van der Waals surface area contributed by atoms with E-state index in [1.165, 1.54) is 6.33 Å². The summed E-state index contributed by atoms with van der Waals surface area (Å²) in [5.41, 5.74) is 3.21. The van der Waals surface area contributed by atoms with Crippen molar-refractivity contribution in [3.63, 3.8) is 0 Å². The molecule has 0 bridgehead atoms. The van der Waals surface area contributed by atoms with Crippen molar-refractivity contribution in [1.82, 2.24) is 34.2 Å². The largest absolute Gasteiger partial charge is 0.471 e. The lowest BCUT2D eigenvalue weighted by Crippen LogP contribution is -2.33. The first-order chi connectivity index (χ1) is 15.2. The Morgan fingerprint density at radius 2 is 2.06 bits per heavy atom. The van der Waals surface area contributed by atoms with E-state index in [1.54, 1.807) is 4.90 Å². The fourth-order valence-corrected chi connectivity index (χ4v) is 3.81. The van der Waals surface area contributed by atoms with Crippen molar-refractivity contribution in [1.29, 1.82) is 0 Å². The number of aryl methyl sites for hydroxylation is 2. The molecule has 0 aromatic carbocycles. The Bertz CT molecular complexity index is 1130. The molecule has 0 saturated carbocycles. The number of hydrogen-bond acceptors (Lipinski definition) is 7. The third kappa shape index (κ3) is 4.26. The van der Waals surface area contributed by atoms with Gasteiger partial charge in [-0.1, -0.05) is 20.8 Å². The van der Waals surface area contributed by atoms with Crippen LogP contribution in [-0.4, -0.2) is 66.1 Å². The van der Waals surface area contributed by atoms with Crippen LogP contribution >= 0.6 is 0 Å². The van der Waals surface area contributed by atoms with E-state index in [4.69, 9.17) is 14.5 Å². The molecule has 172 valence electrons. The average Bonchev–Trinajstić information content (AvgIpc) is 3.44. The maximum absolute atomic E-state index is 12.4. The molecule has 10 heteroatoms. The van der Waals surface area contributed by atoms with Crippen molar-refractivity contribution in [2.45, 2.75) is 53.7 Å². The van der Waals surface area contributed by atoms with Gasteiger partial charge in [0.25, 0.3) is 0 Å². The number of aromatic nitrogens is 6. The van der Waals surface area contributed by atoms with Crippen molar-refractivity contribution in [3.05, 3.63) is 18.2 Å². The molecule has 1 amide bonds. The summed E-state index contributed by atoms with van der Waals surface area (Å²) in [6.07, 6.45) is 3.53. The van der Waals surface area contributed by atoms with Crippen LogP contribution in [0.25, 0.3) is 22.6 Å². The minimum Gasteiger partial charge on any atom is -0.471 e. The highest BCUT2D eigenvalue weighted by Gasteiger charge is 2.31. The van der Waals surface area contributed by atoms with E-state index in [9.17, 15) is 4.79 Å². The quantitative estimate of drug-likeness (QED) is 0.599. The summed E-state index contributed by atoms with van der Waals surface area (Å²) < 4.78 is 15.5. The average molecular weight is 442 g/mol. The van der Waals surface area contributed by atoms with Crippen LogP contribution in [0, 0.1) is 12.3 Å². The van der Waals surface area contributed by atoms with Gasteiger partial charge in [-0.3, -0.25) is 4.68 Å². The summed E-state index contributed by atoms with van der Waals surface area (Å²) in [6, 6.07) is 0. The number of hydrogen-bond donors (Lipinski definition) is 0. The SMILES string of the molecule is CCn1ncc(-c2nc3c(O[C@H]4CCN(C(=O)OCC(C)(C)C)C4)ncnc3n2C)c1C. The van der Waals surface area contributed by atoms with Gasteiger partial charge in [-0.25, -0.2) is 14.8 Å². The standard InChI is InChI=1S/C22H31N7O3/c1-7-29-14(2)16(10-25-29)18-26-17-19(27(18)6)23-13-24-20(17)32-15-8-9-28(11-15)21(30)31-12-22(3,4)5/h10,13,15H,7-9,11-12H2,1-6H3/t15-/m0/s1. The number of fused-ring (bicyclic) bond motifs is 1. The predicted octanol–water partition coefficient (Wildman–Crippen LogP) is 3.19. The van der Waals surface area contributed by atoms with Gasteiger partial charge in [0, 0.05) is 32.3 Å². The molecule has 1 saturated heterocycles. The summed E-state index contributed by atoms with van der Waals surface area (Å²) >= 11 is 0. The van der Waals surface area contributed by atoms with Crippen molar-refractivity contribution >= 4 is 17.3 Å². The lowest BCUT2D eigenvalue weighted by molar-refractivity contribution is 0.0749. The maximum atomic E-state index is 12.4. The number of carbonyl (C=O) groups excluding carboxylic acids is 1. The zero-order valence-electron chi connectivity index (χ0n) is 19.6. The van der Waals surface area contributed by atoms with Crippen LogP contribution in [0.5, 0.6) is 5.88 Å².